The van der Waals surface area contributed by atoms with Crippen LogP contribution in [0.5, 0.6) is 0 Å². The monoisotopic (exact) mass is 379 g/mol. The Balaban J connectivity index is 1.57. The number of hydrogen-bond donors (Lipinski definition) is 2. The van der Waals surface area contributed by atoms with Crippen LogP contribution >= 0.6 is 0 Å². The zero-order valence-corrected chi connectivity index (χ0v) is 15.5. The molecule has 0 saturated carbocycles. The van der Waals surface area contributed by atoms with Crippen molar-refractivity contribution in [2.24, 2.45) is 4.99 Å². The number of hydrogen-bond acceptors (Lipinski definition) is 3. The molecule has 2 heterocycles. The van der Waals surface area contributed by atoms with Gasteiger partial charge in [-0.05, 0) is 41.0 Å². The first-order chi connectivity index (χ1) is 14.2. The number of H-pyrrole nitrogens is 1. The zero-order valence-electron chi connectivity index (χ0n) is 15.5. The van der Waals surface area contributed by atoms with E-state index in [1.165, 1.54) is 6.20 Å². The second kappa shape index (κ2) is 6.87. The van der Waals surface area contributed by atoms with Gasteiger partial charge in [-0.1, -0.05) is 42.5 Å². The average Bonchev–Trinajstić information content (AvgIpc) is 3.21. The van der Waals surface area contributed by atoms with Crippen LogP contribution in [-0.2, 0) is 0 Å². The first-order valence-electron chi connectivity index (χ1n) is 9.36. The summed E-state index contributed by atoms with van der Waals surface area (Å²) in [6.07, 6.45) is 7.76. The molecule has 5 heteroatoms. The maximum absolute atomic E-state index is 13.0. The standard InChI is InChI=1S/C24H17N3O2/c28-23-17-8-4-5-9-20(17)26-14-19(23)24(29)27-22-13-21-16(10-11-25-21)12-18(22)15-6-2-1-3-7-15/h1-11,13-14H,12H2,(H,26,28)(H,27,29). The summed E-state index contributed by atoms with van der Waals surface area (Å²) < 4.78 is 0. The van der Waals surface area contributed by atoms with Gasteiger partial charge in [0.25, 0.3) is 5.91 Å². The molecule has 0 atom stereocenters. The Labute approximate surface area is 166 Å². The summed E-state index contributed by atoms with van der Waals surface area (Å²) in [7, 11) is 0. The minimum absolute atomic E-state index is 0.0817. The second-order valence-corrected chi connectivity index (χ2v) is 6.97. The highest BCUT2D eigenvalue weighted by Crippen LogP contribution is 2.36. The summed E-state index contributed by atoms with van der Waals surface area (Å²) >= 11 is 0. The Morgan fingerprint density at radius 3 is 2.69 bits per heavy atom. The number of para-hydroxylation sites is 1. The lowest BCUT2D eigenvalue weighted by molar-refractivity contribution is 0.0966. The van der Waals surface area contributed by atoms with Crippen LogP contribution in [0.1, 0.15) is 22.3 Å². The molecule has 3 aromatic rings. The van der Waals surface area contributed by atoms with Crippen LogP contribution in [0.2, 0.25) is 0 Å². The normalized spacial score (nSPS) is 15.2. The number of allylic oxidation sites excluding steroid dienone is 4. The summed E-state index contributed by atoms with van der Waals surface area (Å²) in [6.45, 7) is 0. The smallest absolute Gasteiger partial charge is 0.261 e. The van der Waals surface area contributed by atoms with Crippen LogP contribution in [0.25, 0.3) is 16.5 Å². The van der Waals surface area contributed by atoms with Crippen LogP contribution in [0, 0.1) is 0 Å². The van der Waals surface area contributed by atoms with Crippen molar-refractivity contribution in [3.63, 3.8) is 0 Å². The molecule has 0 unspecified atom stereocenters. The molecule has 5 nitrogen and oxygen atoms in total. The van der Waals surface area contributed by atoms with Crippen LogP contribution in [-0.4, -0.2) is 17.1 Å². The molecular weight excluding hydrogens is 362 g/mol. The van der Waals surface area contributed by atoms with Gasteiger partial charge in [-0.25, -0.2) is 0 Å². The van der Waals surface area contributed by atoms with Crippen LogP contribution in [0.15, 0.2) is 99.7 Å². The first-order valence-corrected chi connectivity index (χ1v) is 9.36. The number of carbonyl (C=O) groups is 1. The molecule has 0 saturated heterocycles. The number of aliphatic imine (C=N–C) groups is 1. The quantitative estimate of drug-likeness (QED) is 0.723. The van der Waals surface area contributed by atoms with E-state index in [4.69, 9.17) is 0 Å². The van der Waals surface area contributed by atoms with E-state index in [1.54, 1.807) is 18.3 Å². The molecule has 0 fully saturated rings. The van der Waals surface area contributed by atoms with E-state index in [2.05, 4.69) is 15.3 Å². The molecule has 1 aliphatic carbocycles. The van der Waals surface area contributed by atoms with Gasteiger partial charge in [0.2, 0.25) is 5.43 Å². The third-order valence-corrected chi connectivity index (χ3v) is 5.20. The molecule has 140 valence electrons. The fourth-order valence-electron chi connectivity index (χ4n) is 3.70. The number of nitrogens with zero attached hydrogens (tertiary/aromatic N) is 1. The van der Waals surface area contributed by atoms with Gasteiger partial charge >= 0.3 is 0 Å². The van der Waals surface area contributed by atoms with E-state index in [0.717, 1.165) is 22.4 Å². The molecular formula is C24H17N3O2. The third-order valence-electron chi connectivity index (χ3n) is 5.20. The van der Waals surface area contributed by atoms with E-state index in [-0.39, 0.29) is 11.0 Å². The SMILES string of the molecule is O=C(NC1=C(c2ccccc2)CC2=CC=NC2=C1)c1c[nH]c2ccccc2c1=O. The topological polar surface area (TPSA) is 74.3 Å². The summed E-state index contributed by atoms with van der Waals surface area (Å²) in [5, 5.41) is 3.44. The Bertz CT molecular complexity index is 1320. The molecule has 0 spiro atoms. The minimum atomic E-state index is -0.438. The van der Waals surface area contributed by atoms with Gasteiger partial charge in [0, 0.05) is 35.4 Å². The summed E-state index contributed by atoms with van der Waals surface area (Å²) in [5.41, 5.74) is 5.14. The summed E-state index contributed by atoms with van der Waals surface area (Å²) in [5.74, 6) is -0.438. The third kappa shape index (κ3) is 3.02. The van der Waals surface area contributed by atoms with Gasteiger partial charge in [0.1, 0.15) is 5.56 Å². The van der Waals surface area contributed by atoms with Gasteiger partial charge in [0.05, 0.1) is 5.70 Å². The van der Waals surface area contributed by atoms with Gasteiger partial charge in [-0.15, -0.1) is 0 Å². The van der Waals surface area contributed by atoms with Gasteiger partial charge in [-0.3, -0.25) is 14.6 Å². The van der Waals surface area contributed by atoms with Gasteiger partial charge in [0.15, 0.2) is 0 Å². The van der Waals surface area contributed by atoms with Gasteiger partial charge in [-0.2, -0.15) is 0 Å². The second-order valence-electron chi connectivity index (χ2n) is 6.97. The molecule has 2 aromatic carbocycles. The Hall–Kier alpha value is -3.99. The van der Waals surface area contributed by atoms with Crippen molar-refractivity contribution in [1.82, 2.24) is 10.3 Å². The largest absolute Gasteiger partial charge is 0.360 e. The van der Waals surface area contributed by atoms with E-state index in [0.29, 0.717) is 23.0 Å². The van der Waals surface area contributed by atoms with E-state index >= 15 is 0 Å². The first kappa shape index (κ1) is 17.1. The maximum atomic E-state index is 13.0. The number of fused-ring (bicyclic) bond motifs is 2. The molecule has 5 rings (SSSR count). The molecule has 29 heavy (non-hydrogen) atoms. The van der Waals surface area contributed by atoms with Crippen molar-refractivity contribution in [2.45, 2.75) is 6.42 Å². The van der Waals surface area contributed by atoms with Crippen LogP contribution in [0.4, 0.5) is 0 Å². The molecule has 2 aliphatic rings. The summed E-state index contributed by atoms with van der Waals surface area (Å²) in [6, 6.07) is 17.1. The number of aromatic nitrogens is 1. The van der Waals surface area contributed by atoms with Crippen molar-refractivity contribution in [3.8, 4) is 0 Å². The number of rotatable bonds is 3. The molecule has 1 amide bonds. The van der Waals surface area contributed by atoms with Crippen molar-refractivity contribution >= 4 is 28.6 Å². The molecule has 1 aliphatic heterocycles. The highest BCUT2D eigenvalue weighted by molar-refractivity contribution is 5.99. The maximum Gasteiger partial charge on any atom is 0.261 e. The highest BCUT2D eigenvalue weighted by atomic mass is 16.2. The van der Waals surface area contributed by atoms with Crippen molar-refractivity contribution in [3.05, 3.63) is 111 Å². The average molecular weight is 379 g/mol. The molecule has 0 bridgehead atoms. The Morgan fingerprint density at radius 2 is 1.83 bits per heavy atom. The zero-order chi connectivity index (χ0) is 19.8. The predicted molar refractivity (Wildman–Crippen MR) is 115 cm³/mol. The summed E-state index contributed by atoms with van der Waals surface area (Å²) in [4.78, 5) is 33.2. The van der Waals surface area contributed by atoms with Crippen molar-refractivity contribution in [1.29, 1.82) is 0 Å². The molecule has 2 N–H and O–H groups in total. The van der Waals surface area contributed by atoms with E-state index in [9.17, 15) is 9.59 Å². The lowest BCUT2D eigenvalue weighted by Crippen LogP contribution is -2.29. The lowest BCUT2D eigenvalue weighted by Gasteiger charge is -2.20. The van der Waals surface area contributed by atoms with E-state index < -0.39 is 5.91 Å². The molecule has 0 radical (unpaired) electrons. The van der Waals surface area contributed by atoms with Crippen molar-refractivity contribution in [2.75, 3.05) is 0 Å². The fraction of sp³-hybridized carbons (Fsp3) is 0.0417. The Morgan fingerprint density at radius 1 is 1.03 bits per heavy atom. The van der Waals surface area contributed by atoms with Crippen LogP contribution < -0.4 is 10.7 Å². The predicted octanol–water partition coefficient (Wildman–Crippen LogP) is 3.97. The fourth-order valence-corrected chi connectivity index (χ4v) is 3.70. The minimum Gasteiger partial charge on any atom is -0.360 e. The molecule has 1 aromatic heterocycles. The lowest BCUT2D eigenvalue weighted by atomic mass is 9.90. The van der Waals surface area contributed by atoms with Crippen molar-refractivity contribution < 1.29 is 4.79 Å². The number of amides is 1. The highest BCUT2D eigenvalue weighted by Gasteiger charge is 2.23. The number of pyridine rings is 1. The number of carbonyl (C=O) groups excluding carboxylic acids is 1. The van der Waals surface area contributed by atoms with E-state index in [1.807, 2.05) is 54.6 Å². The number of benzene rings is 2. The number of nitrogens with one attached hydrogen (secondary N) is 2. The van der Waals surface area contributed by atoms with Gasteiger partial charge < -0.3 is 10.3 Å². The van der Waals surface area contributed by atoms with Crippen LogP contribution in [0.3, 0.4) is 0 Å². The number of aromatic amines is 1. The Kier molecular flexibility index (Phi) is 4.06.